The van der Waals surface area contributed by atoms with E-state index >= 15 is 0 Å². The third-order valence-electron chi connectivity index (χ3n) is 4.15. The molecule has 0 spiro atoms. The van der Waals surface area contributed by atoms with Crippen molar-refractivity contribution in [3.63, 3.8) is 0 Å². The molecule has 4 nitrogen and oxygen atoms in total. The Kier molecular flexibility index (Phi) is 16.5. The second-order valence-corrected chi connectivity index (χ2v) is 6.49. The van der Waals surface area contributed by atoms with Crippen molar-refractivity contribution in [3.05, 3.63) is 0 Å². The molecule has 0 saturated heterocycles. The Morgan fingerprint density at radius 2 is 1.17 bits per heavy atom. The molecule has 0 aromatic carbocycles. The van der Waals surface area contributed by atoms with Crippen molar-refractivity contribution in [2.24, 2.45) is 0 Å². The summed E-state index contributed by atoms with van der Waals surface area (Å²) in [6.45, 7) is 2.73. The van der Waals surface area contributed by atoms with E-state index in [-0.39, 0.29) is 12.3 Å². The summed E-state index contributed by atoms with van der Waals surface area (Å²) in [5.74, 6) is -0.748. The van der Waals surface area contributed by atoms with Crippen LogP contribution in [0.1, 0.15) is 103 Å². The molecule has 0 aliphatic heterocycles. The van der Waals surface area contributed by atoms with Crippen molar-refractivity contribution < 1.29 is 14.7 Å². The molecule has 0 atom stereocenters. The number of carbonyl (C=O) groups excluding carboxylic acids is 1. The number of hydrogen-bond donors (Lipinski definition) is 2. The van der Waals surface area contributed by atoms with Gasteiger partial charge in [0.05, 0.1) is 0 Å². The summed E-state index contributed by atoms with van der Waals surface area (Å²) >= 11 is 0. The molecule has 0 aromatic heterocycles. The van der Waals surface area contributed by atoms with Crippen molar-refractivity contribution in [2.45, 2.75) is 103 Å². The molecule has 0 bridgehead atoms. The van der Waals surface area contributed by atoms with E-state index in [4.69, 9.17) is 5.11 Å². The van der Waals surface area contributed by atoms with Gasteiger partial charge in [-0.05, 0) is 12.8 Å². The van der Waals surface area contributed by atoms with Gasteiger partial charge < -0.3 is 10.4 Å². The fraction of sp³-hybridized carbons (Fsp3) is 0.895. The highest BCUT2D eigenvalue weighted by atomic mass is 16.4. The Morgan fingerprint density at radius 1 is 0.696 bits per heavy atom. The molecule has 2 N–H and O–H groups in total. The number of aliphatic carboxylic acids is 1. The maximum atomic E-state index is 11.5. The highest BCUT2D eigenvalue weighted by Gasteiger charge is 2.02. The molecule has 23 heavy (non-hydrogen) atoms. The molecule has 0 heterocycles. The van der Waals surface area contributed by atoms with Crippen LogP contribution in [0.25, 0.3) is 0 Å². The van der Waals surface area contributed by atoms with E-state index in [0.717, 1.165) is 12.8 Å². The third kappa shape index (κ3) is 18.9. The maximum Gasteiger partial charge on any atom is 0.303 e. The van der Waals surface area contributed by atoms with Gasteiger partial charge in [0.25, 0.3) is 0 Å². The lowest BCUT2D eigenvalue weighted by Gasteiger charge is -2.04. The molecule has 0 aliphatic rings. The fourth-order valence-corrected chi connectivity index (χ4v) is 2.68. The number of amides is 1. The summed E-state index contributed by atoms with van der Waals surface area (Å²) in [4.78, 5) is 21.8. The minimum Gasteiger partial charge on any atom is -0.481 e. The molecule has 0 radical (unpaired) electrons. The first kappa shape index (κ1) is 21.9. The molecule has 0 aromatic rings. The van der Waals surface area contributed by atoms with Crippen LogP contribution in [0.3, 0.4) is 0 Å². The Hall–Kier alpha value is -1.06. The molecule has 136 valence electrons. The zero-order valence-corrected chi connectivity index (χ0v) is 15.1. The number of unbranched alkanes of at least 4 members (excludes halogenated alkanes) is 11. The monoisotopic (exact) mass is 327 g/mol. The van der Waals surface area contributed by atoms with Gasteiger partial charge in [-0.1, -0.05) is 77.6 Å². The SMILES string of the molecule is CCCCCCCCCCCCCCC(=O)NCCCC(=O)O. The molecule has 1 amide bonds. The number of rotatable bonds is 17. The van der Waals surface area contributed by atoms with Gasteiger partial charge >= 0.3 is 5.97 Å². The molecule has 4 heteroatoms. The van der Waals surface area contributed by atoms with E-state index in [1.807, 2.05) is 0 Å². The summed E-state index contributed by atoms with van der Waals surface area (Å²) < 4.78 is 0. The number of carboxylic acid groups (broad SMARTS) is 1. The van der Waals surface area contributed by atoms with Gasteiger partial charge in [0.2, 0.25) is 5.91 Å². The normalized spacial score (nSPS) is 10.7. The van der Waals surface area contributed by atoms with Crippen molar-refractivity contribution in [3.8, 4) is 0 Å². The minimum atomic E-state index is -0.805. The first-order valence-corrected chi connectivity index (χ1v) is 9.65. The molecule has 0 saturated carbocycles. The molecular weight excluding hydrogens is 290 g/mol. The predicted octanol–water partition coefficient (Wildman–Crippen LogP) is 5.06. The zero-order chi connectivity index (χ0) is 17.2. The summed E-state index contributed by atoms with van der Waals surface area (Å²) in [6, 6.07) is 0. The van der Waals surface area contributed by atoms with E-state index in [1.54, 1.807) is 0 Å². The Bertz CT molecular complexity index is 292. The lowest BCUT2D eigenvalue weighted by atomic mass is 10.0. The van der Waals surface area contributed by atoms with Crippen LogP contribution in [0.4, 0.5) is 0 Å². The van der Waals surface area contributed by atoms with Crippen LogP contribution >= 0.6 is 0 Å². The summed E-state index contributed by atoms with van der Waals surface area (Å²) in [5, 5.41) is 11.3. The van der Waals surface area contributed by atoms with Crippen molar-refractivity contribution in [2.75, 3.05) is 6.54 Å². The Labute approximate surface area is 142 Å². The smallest absolute Gasteiger partial charge is 0.303 e. The Balaban J connectivity index is 3.14. The van der Waals surface area contributed by atoms with Gasteiger partial charge in [0.1, 0.15) is 0 Å². The van der Waals surface area contributed by atoms with Crippen LogP contribution in [0.5, 0.6) is 0 Å². The van der Waals surface area contributed by atoms with E-state index in [0.29, 0.717) is 19.4 Å². The number of nitrogens with one attached hydrogen (secondary N) is 1. The first-order valence-electron chi connectivity index (χ1n) is 9.65. The molecule has 0 aliphatic carbocycles. The number of carbonyl (C=O) groups is 2. The average molecular weight is 328 g/mol. The number of carboxylic acids is 1. The second kappa shape index (κ2) is 17.3. The quantitative estimate of drug-likeness (QED) is 0.367. The van der Waals surface area contributed by atoms with Crippen molar-refractivity contribution in [1.29, 1.82) is 0 Å². The minimum absolute atomic E-state index is 0.0578. The van der Waals surface area contributed by atoms with Crippen LogP contribution in [0.15, 0.2) is 0 Å². The largest absolute Gasteiger partial charge is 0.481 e. The van der Waals surface area contributed by atoms with Crippen molar-refractivity contribution >= 4 is 11.9 Å². The topological polar surface area (TPSA) is 66.4 Å². The maximum absolute atomic E-state index is 11.5. The average Bonchev–Trinajstić information content (AvgIpc) is 2.52. The standard InChI is InChI=1S/C19H37NO3/c1-2-3-4-5-6-7-8-9-10-11-12-13-15-18(21)20-17-14-16-19(22)23/h2-17H2,1H3,(H,20,21)(H,22,23). The van der Waals surface area contributed by atoms with E-state index in [2.05, 4.69) is 12.2 Å². The van der Waals surface area contributed by atoms with Gasteiger partial charge in [-0.15, -0.1) is 0 Å². The van der Waals surface area contributed by atoms with Crippen LogP contribution in [0, 0.1) is 0 Å². The van der Waals surface area contributed by atoms with Crippen LogP contribution in [-0.4, -0.2) is 23.5 Å². The Morgan fingerprint density at radius 3 is 1.65 bits per heavy atom. The van der Waals surface area contributed by atoms with Crippen LogP contribution < -0.4 is 5.32 Å². The summed E-state index contributed by atoms with van der Waals surface area (Å²) in [5.41, 5.74) is 0. The number of hydrogen-bond acceptors (Lipinski definition) is 2. The fourth-order valence-electron chi connectivity index (χ4n) is 2.68. The van der Waals surface area contributed by atoms with Gasteiger partial charge in [-0.2, -0.15) is 0 Å². The van der Waals surface area contributed by atoms with Gasteiger partial charge in [0.15, 0.2) is 0 Å². The molecular formula is C19H37NO3. The summed E-state index contributed by atoms with van der Waals surface area (Å²) in [7, 11) is 0. The summed E-state index contributed by atoms with van der Waals surface area (Å²) in [6.07, 6.45) is 16.7. The third-order valence-corrected chi connectivity index (χ3v) is 4.15. The highest BCUT2D eigenvalue weighted by Crippen LogP contribution is 2.12. The second-order valence-electron chi connectivity index (χ2n) is 6.49. The van der Waals surface area contributed by atoms with E-state index in [9.17, 15) is 9.59 Å². The lowest BCUT2D eigenvalue weighted by molar-refractivity contribution is -0.137. The van der Waals surface area contributed by atoms with Crippen molar-refractivity contribution in [1.82, 2.24) is 5.32 Å². The molecule has 0 rings (SSSR count). The van der Waals surface area contributed by atoms with Gasteiger partial charge in [-0.25, -0.2) is 0 Å². The lowest BCUT2D eigenvalue weighted by Crippen LogP contribution is -2.24. The van der Waals surface area contributed by atoms with Gasteiger partial charge in [-0.3, -0.25) is 9.59 Å². The predicted molar refractivity (Wildman–Crippen MR) is 95.6 cm³/mol. The molecule has 0 fully saturated rings. The molecule has 0 unspecified atom stereocenters. The first-order chi connectivity index (χ1) is 11.2. The van der Waals surface area contributed by atoms with E-state index in [1.165, 1.54) is 64.2 Å². The van der Waals surface area contributed by atoms with E-state index < -0.39 is 5.97 Å². The zero-order valence-electron chi connectivity index (χ0n) is 15.1. The van der Waals surface area contributed by atoms with Gasteiger partial charge in [0, 0.05) is 19.4 Å². The van der Waals surface area contributed by atoms with Crippen LogP contribution in [-0.2, 0) is 9.59 Å². The van der Waals surface area contributed by atoms with Crippen LogP contribution in [0.2, 0.25) is 0 Å². The highest BCUT2D eigenvalue weighted by molar-refractivity contribution is 5.75.